The summed E-state index contributed by atoms with van der Waals surface area (Å²) in [5.74, 6) is -2.91. The first kappa shape index (κ1) is 28.5. The number of hydrogen-bond acceptors (Lipinski definition) is 5. The van der Waals surface area contributed by atoms with Crippen LogP contribution in [0.25, 0.3) is 0 Å². The van der Waals surface area contributed by atoms with Gasteiger partial charge in [-0.15, -0.1) is 0 Å². The zero-order valence-electron chi connectivity index (χ0n) is 21.6. The van der Waals surface area contributed by atoms with Crippen molar-refractivity contribution in [2.75, 3.05) is 11.9 Å². The first-order valence-electron chi connectivity index (χ1n) is 12.2. The summed E-state index contributed by atoms with van der Waals surface area (Å²) < 4.78 is 73.2. The van der Waals surface area contributed by atoms with Gasteiger partial charge >= 0.3 is 6.18 Å². The molecule has 0 radical (unpaired) electrons. The Balaban J connectivity index is 1.81. The first-order valence-corrected chi connectivity index (χ1v) is 13.7. The van der Waals surface area contributed by atoms with E-state index in [0.717, 1.165) is 22.6 Å². The molecule has 0 saturated carbocycles. The van der Waals surface area contributed by atoms with E-state index in [-0.39, 0.29) is 37.2 Å². The fraction of sp³-hybridized carbons (Fsp3) is 0.370. The molecule has 4 rings (SSSR count). The maximum atomic E-state index is 15.0. The van der Waals surface area contributed by atoms with Crippen molar-refractivity contribution in [2.24, 2.45) is 5.41 Å². The predicted octanol–water partition coefficient (Wildman–Crippen LogP) is 3.95. The summed E-state index contributed by atoms with van der Waals surface area (Å²) in [6.07, 6.45) is -5.56. The number of sulfonamides is 1. The molecule has 12 heteroatoms. The molecule has 2 aliphatic rings. The summed E-state index contributed by atoms with van der Waals surface area (Å²) in [7, 11) is -4.97. The highest BCUT2D eigenvalue weighted by atomic mass is 32.2. The number of amides is 2. The molecule has 2 N–H and O–H groups in total. The van der Waals surface area contributed by atoms with E-state index in [2.05, 4.69) is 5.32 Å². The van der Waals surface area contributed by atoms with Crippen LogP contribution in [-0.4, -0.2) is 49.2 Å². The number of carbonyl (C=O) groups is 3. The number of hydrogen-bond donors (Lipinski definition) is 2. The molecule has 0 unspecified atom stereocenters. The number of nitrogens with zero attached hydrogens (tertiary/aromatic N) is 1. The third-order valence-electron chi connectivity index (χ3n) is 6.78. The van der Waals surface area contributed by atoms with Crippen LogP contribution in [0.15, 0.2) is 70.8 Å². The van der Waals surface area contributed by atoms with E-state index >= 15 is 0 Å². The maximum absolute atomic E-state index is 15.0. The number of anilines is 1. The standard InChI is InChI=1S/C27H28F3N3O5S/c1-17(34)31-19-9-11-20(12-10-19)39(37,38)32-26(27(28,29)30)23-21(15-25(2,3)16-22(23)35)33(24(26)36)14-13-18-7-5-4-6-8-18/h4-12,32H,13-16H2,1-3H3,(H,31,34)/t26-/m0/s1. The number of carbonyl (C=O) groups excluding carboxylic acids is 3. The zero-order valence-corrected chi connectivity index (χ0v) is 22.4. The normalized spacial score (nSPS) is 21.2. The molecule has 1 atom stereocenters. The van der Waals surface area contributed by atoms with Gasteiger partial charge in [0, 0.05) is 31.3 Å². The number of nitrogens with one attached hydrogen (secondary N) is 2. The van der Waals surface area contributed by atoms with Crippen molar-refractivity contribution < 1.29 is 36.0 Å². The van der Waals surface area contributed by atoms with Crippen LogP contribution in [0, 0.1) is 5.41 Å². The molecule has 0 bridgehead atoms. The van der Waals surface area contributed by atoms with E-state index in [1.807, 2.05) is 0 Å². The van der Waals surface area contributed by atoms with Gasteiger partial charge in [0.15, 0.2) is 5.78 Å². The Morgan fingerprint density at radius 3 is 2.18 bits per heavy atom. The number of ketones is 1. The average Bonchev–Trinajstić information content (AvgIpc) is 3.05. The lowest BCUT2D eigenvalue weighted by Crippen LogP contribution is -2.66. The second-order valence-electron chi connectivity index (χ2n) is 10.5. The Morgan fingerprint density at radius 1 is 1.00 bits per heavy atom. The minimum absolute atomic E-state index is 0.0143. The average molecular weight is 564 g/mol. The third-order valence-corrected chi connectivity index (χ3v) is 8.25. The van der Waals surface area contributed by atoms with Gasteiger partial charge in [0.05, 0.1) is 10.5 Å². The Hall–Kier alpha value is -3.51. The minimum atomic E-state index is -5.47. The number of allylic oxidation sites excluding steroid dienone is 1. The Morgan fingerprint density at radius 2 is 1.62 bits per heavy atom. The Labute approximate surface area is 224 Å². The van der Waals surface area contributed by atoms with Crippen LogP contribution < -0.4 is 10.0 Å². The minimum Gasteiger partial charge on any atom is -0.326 e. The van der Waals surface area contributed by atoms with E-state index in [0.29, 0.717) is 0 Å². The molecular weight excluding hydrogens is 535 g/mol. The van der Waals surface area contributed by atoms with E-state index in [4.69, 9.17) is 0 Å². The van der Waals surface area contributed by atoms with Crippen LogP contribution in [0.2, 0.25) is 0 Å². The van der Waals surface area contributed by atoms with Gasteiger partial charge in [-0.25, -0.2) is 8.42 Å². The van der Waals surface area contributed by atoms with Gasteiger partial charge in [-0.3, -0.25) is 14.4 Å². The van der Waals surface area contributed by atoms with Gasteiger partial charge in [-0.05, 0) is 48.1 Å². The lowest BCUT2D eigenvalue weighted by molar-refractivity contribution is -0.188. The van der Waals surface area contributed by atoms with Gasteiger partial charge in [-0.1, -0.05) is 44.2 Å². The summed E-state index contributed by atoms with van der Waals surface area (Å²) in [5.41, 5.74) is -4.50. The van der Waals surface area contributed by atoms with Crippen molar-refractivity contribution in [2.45, 2.75) is 56.6 Å². The highest BCUT2D eigenvalue weighted by Gasteiger charge is 2.72. The van der Waals surface area contributed by atoms with Gasteiger partial charge in [0.1, 0.15) is 0 Å². The molecule has 8 nitrogen and oxygen atoms in total. The largest absolute Gasteiger partial charge is 0.421 e. The summed E-state index contributed by atoms with van der Waals surface area (Å²) in [5, 5.41) is 2.43. The second kappa shape index (κ2) is 9.91. The number of rotatable bonds is 7. The molecule has 0 fully saturated rings. The maximum Gasteiger partial charge on any atom is 0.421 e. The Bertz CT molecular complexity index is 1450. The molecule has 0 aromatic heterocycles. The molecule has 208 valence electrons. The van der Waals surface area contributed by atoms with Gasteiger partial charge in [0.25, 0.3) is 5.91 Å². The van der Waals surface area contributed by atoms with E-state index in [1.165, 1.54) is 19.1 Å². The Kier molecular flexibility index (Phi) is 7.24. The molecule has 39 heavy (non-hydrogen) atoms. The van der Waals surface area contributed by atoms with Crippen LogP contribution in [0.1, 0.15) is 39.2 Å². The number of Topliss-reactive ketones (excluding diaryl/α,β-unsaturated/α-hetero) is 1. The lowest BCUT2D eigenvalue weighted by Gasteiger charge is -2.35. The summed E-state index contributed by atoms with van der Waals surface area (Å²) in [6.45, 7) is 4.49. The smallest absolute Gasteiger partial charge is 0.326 e. The highest BCUT2D eigenvalue weighted by Crippen LogP contribution is 2.52. The van der Waals surface area contributed by atoms with Crippen LogP contribution in [0.5, 0.6) is 0 Å². The molecule has 2 aromatic rings. The third kappa shape index (κ3) is 5.35. The van der Waals surface area contributed by atoms with E-state index < -0.39 is 55.2 Å². The number of halogens is 3. The fourth-order valence-electron chi connectivity index (χ4n) is 5.09. The lowest BCUT2D eigenvalue weighted by atomic mass is 9.72. The highest BCUT2D eigenvalue weighted by molar-refractivity contribution is 7.89. The molecule has 2 aromatic carbocycles. The van der Waals surface area contributed by atoms with Crippen molar-refractivity contribution in [3.05, 3.63) is 71.4 Å². The fourth-order valence-corrected chi connectivity index (χ4v) is 6.42. The van der Waals surface area contributed by atoms with Crippen LogP contribution in [-0.2, 0) is 30.8 Å². The quantitative estimate of drug-likeness (QED) is 0.530. The number of alkyl halides is 3. The number of benzene rings is 2. The summed E-state index contributed by atoms with van der Waals surface area (Å²) >= 11 is 0. The second-order valence-corrected chi connectivity index (χ2v) is 12.2. The zero-order chi connectivity index (χ0) is 28.8. The van der Waals surface area contributed by atoms with E-state index in [1.54, 1.807) is 48.9 Å². The van der Waals surface area contributed by atoms with Crippen molar-refractivity contribution >= 4 is 33.3 Å². The molecular formula is C27H28F3N3O5S. The van der Waals surface area contributed by atoms with Crippen molar-refractivity contribution in [3.63, 3.8) is 0 Å². The molecule has 1 aliphatic carbocycles. The molecule has 2 amide bonds. The van der Waals surface area contributed by atoms with Crippen molar-refractivity contribution in [1.29, 1.82) is 0 Å². The monoisotopic (exact) mass is 563 g/mol. The first-order chi connectivity index (χ1) is 18.1. The molecule has 0 spiro atoms. The van der Waals surface area contributed by atoms with Crippen LogP contribution >= 0.6 is 0 Å². The van der Waals surface area contributed by atoms with Crippen LogP contribution in [0.4, 0.5) is 18.9 Å². The summed E-state index contributed by atoms with van der Waals surface area (Å²) in [4.78, 5) is 38.6. The van der Waals surface area contributed by atoms with Gasteiger partial charge in [-0.2, -0.15) is 17.9 Å². The molecule has 0 saturated heterocycles. The van der Waals surface area contributed by atoms with Gasteiger partial charge in [0.2, 0.25) is 21.5 Å². The SMILES string of the molecule is CC(=O)Nc1ccc(S(=O)(=O)N[C@]2(C(F)(F)F)C(=O)N(CCc3ccccc3)C3=C2C(=O)CC(C)(C)C3)cc1. The molecule has 1 aliphatic heterocycles. The van der Waals surface area contributed by atoms with Gasteiger partial charge < -0.3 is 10.2 Å². The van der Waals surface area contributed by atoms with Crippen molar-refractivity contribution in [3.8, 4) is 0 Å². The summed E-state index contributed by atoms with van der Waals surface area (Å²) in [6, 6.07) is 13.2. The topological polar surface area (TPSA) is 113 Å². The molecule has 1 heterocycles. The van der Waals surface area contributed by atoms with Crippen LogP contribution in [0.3, 0.4) is 0 Å². The van der Waals surface area contributed by atoms with Crippen molar-refractivity contribution in [1.82, 2.24) is 9.62 Å². The predicted molar refractivity (Wildman–Crippen MR) is 137 cm³/mol. The van der Waals surface area contributed by atoms with E-state index in [9.17, 15) is 36.0 Å².